The van der Waals surface area contributed by atoms with Crippen molar-refractivity contribution in [2.45, 2.75) is 32.7 Å². The molecule has 0 atom stereocenters. The minimum absolute atomic E-state index is 0.0849. The number of aromatic nitrogens is 1. The van der Waals surface area contributed by atoms with Crippen LogP contribution in [0.4, 0.5) is 4.79 Å². The lowest BCUT2D eigenvalue weighted by Crippen LogP contribution is -2.29. The molecule has 3 rings (SSSR count). The van der Waals surface area contributed by atoms with E-state index in [0.29, 0.717) is 24.6 Å². The van der Waals surface area contributed by atoms with Crippen LogP contribution in [0.25, 0.3) is 17.0 Å². The summed E-state index contributed by atoms with van der Waals surface area (Å²) in [6.07, 6.45) is 6.09. The van der Waals surface area contributed by atoms with Gasteiger partial charge in [-0.3, -0.25) is 19.3 Å². The van der Waals surface area contributed by atoms with E-state index in [4.69, 9.17) is 4.74 Å². The van der Waals surface area contributed by atoms with Crippen LogP contribution in [0, 0.1) is 0 Å². The summed E-state index contributed by atoms with van der Waals surface area (Å²) in [4.78, 5) is 38.9. The lowest BCUT2D eigenvalue weighted by molar-refractivity contribution is -0.123. The average Bonchev–Trinajstić information content (AvgIpc) is 3.21. The van der Waals surface area contributed by atoms with Crippen molar-refractivity contribution in [3.8, 4) is 0 Å². The Balaban J connectivity index is 1.80. The number of ether oxygens (including phenoxy) is 1. The van der Waals surface area contributed by atoms with E-state index in [1.807, 2.05) is 42.0 Å². The Kier molecular flexibility index (Phi) is 7.70. The molecule has 2 aromatic rings. The van der Waals surface area contributed by atoms with E-state index in [1.54, 1.807) is 13.2 Å². The van der Waals surface area contributed by atoms with Gasteiger partial charge in [0.2, 0.25) is 5.91 Å². The molecule has 1 aromatic heterocycles. The summed E-state index contributed by atoms with van der Waals surface area (Å²) in [7, 11) is 1.63. The number of hydrogen-bond acceptors (Lipinski definition) is 5. The van der Waals surface area contributed by atoms with Gasteiger partial charge in [0.05, 0.1) is 4.91 Å². The zero-order chi connectivity index (χ0) is 21.5. The number of methoxy groups -OCH3 is 1. The first-order valence-corrected chi connectivity index (χ1v) is 11.0. The molecule has 0 unspecified atom stereocenters. The highest BCUT2D eigenvalue weighted by atomic mass is 32.2. The molecular weight excluding hydrogens is 402 g/mol. The van der Waals surface area contributed by atoms with Crippen molar-refractivity contribution in [2.24, 2.45) is 0 Å². The van der Waals surface area contributed by atoms with Gasteiger partial charge in [-0.2, -0.15) is 0 Å². The van der Waals surface area contributed by atoms with E-state index < -0.39 is 0 Å². The van der Waals surface area contributed by atoms with Crippen LogP contribution in [0.15, 0.2) is 35.4 Å². The van der Waals surface area contributed by atoms with E-state index in [0.717, 1.165) is 47.5 Å². The van der Waals surface area contributed by atoms with Gasteiger partial charge >= 0.3 is 0 Å². The Hall–Kier alpha value is -2.58. The second kappa shape index (κ2) is 10.4. The quantitative estimate of drug-likeness (QED) is 0.461. The largest absolute Gasteiger partial charge is 0.385 e. The normalized spacial score (nSPS) is 15.5. The molecule has 0 aliphatic carbocycles. The topological polar surface area (TPSA) is 80.6 Å². The summed E-state index contributed by atoms with van der Waals surface area (Å²) in [6.45, 7) is 3.81. The Labute approximate surface area is 180 Å². The molecule has 7 nitrogen and oxygen atoms in total. The Morgan fingerprint density at radius 3 is 2.80 bits per heavy atom. The maximum atomic E-state index is 12.7. The molecule has 1 fully saturated rings. The van der Waals surface area contributed by atoms with Crippen LogP contribution in [0.2, 0.25) is 0 Å². The standard InChI is InChI=1S/C22H27N3O4S/c1-3-4-11-25-21(27)19(30-22(25)28)13-16-14-24(18-9-6-5-8-17(16)18)15-20(26)23-10-7-12-29-2/h5-6,8-9,13-14H,3-4,7,10-12,15H2,1-2H3,(H,23,26)/b19-13-. The fourth-order valence-electron chi connectivity index (χ4n) is 3.33. The number of thioether (sulfide) groups is 1. The van der Waals surface area contributed by atoms with Crippen LogP contribution >= 0.6 is 11.8 Å². The van der Waals surface area contributed by atoms with Crippen molar-refractivity contribution in [3.63, 3.8) is 0 Å². The highest BCUT2D eigenvalue weighted by Crippen LogP contribution is 2.34. The number of amides is 3. The van der Waals surface area contributed by atoms with Gasteiger partial charge in [0.15, 0.2) is 0 Å². The van der Waals surface area contributed by atoms with Gasteiger partial charge in [-0.15, -0.1) is 0 Å². The number of hydrogen-bond donors (Lipinski definition) is 1. The summed E-state index contributed by atoms with van der Waals surface area (Å²) in [6, 6.07) is 7.73. The summed E-state index contributed by atoms with van der Waals surface area (Å²) in [5, 5.41) is 3.60. The predicted molar refractivity (Wildman–Crippen MR) is 119 cm³/mol. The molecular formula is C22H27N3O4S. The number of carbonyl (C=O) groups excluding carboxylic acids is 3. The lowest BCUT2D eigenvalue weighted by atomic mass is 10.1. The number of para-hydroxylation sites is 1. The fraction of sp³-hybridized carbons (Fsp3) is 0.409. The monoisotopic (exact) mass is 429 g/mol. The molecule has 0 saturated carbocycles. The first-order chi connectivity index (χ1) is 14.5. The van der Waals surface area contributed by atoms with Gasteiger partial charge in [-0.05, 0) is 36.7 Å². The molecule has 1 aliphatic rings. The zero-order valence-corrected chi connectivity index (χ0v) is 18.2. The van der Waals surface area contributed by atoms with Gasteiger partial charge in [0.1, 0.15) is 6.54 Å². The Morgan fingerprint density at radius 2 is 2.03 bits per heavy atom. The molecule has 2 heterocycles. The molecule has 1 N–H and O–H groups in total. The molecule has 0 spiro atoms. The van der Waals surface area contributed by atoms with Crippen LogP contribution in [0.3, 0.4) is 0 Å². The van der Waals surface area contributed by atoms with Crippen molar-refractivity contribution in [2.75, 3.05) is 26.8 Å². The maximum absolute atomic E-state index is 12.7. The number of fused-ring (bicyclic) bond motifs is 1. The third kappa shape index (κ3) is 5.12. The maximum Gasteiger partial charge on any atom is 0.293 e. The number of unbranched alkanes of at least 4 members (excludes halogenated alkanes) is 1. The minimum Gasteiger partial charge on any atom is -0.385 e. The third-order valence-corrected chi connectivity index (χ3v) is 5.78. The number of nitrogens with one attached hydrogen (secondary N) is 1. The van der Waals surface area contributed by atoms with Gasteiger partial charge in [-0.25, -0.2) is 0 Å². The van der Waals surface area contributed by atoms with E-state index in [1.165, 1.54) is 4.90 Å². The number of rotatable bonds is 10. The van der Waals surface area contributed by atoms with Crippen molar-refractivity contribution >= 4 is 45.8 Å². The van der Waals surface area contributed by atoms with Crippen LogP contribution in [-0.2, 0) is 20.9 Å². The summed E-state index contributed by atoms with van der Waals surface area (Å²) < 4.78 is 6.86. The molecule has 160 valence electrons. The Morgan fingerprint density at radius 1 is 1.23 bits per heavy atom. The highest BCUT2D eigenvalue weighted by Gasteiger charge is 2.34. The molecule has 8 heteroatoms. The summed E-state index contributed by atoms with van der Waals surface area (Å²) in [5.74, 6) is -0.329. The molecule has 3 amide bonds. The first-order valence-electron chi connectivity index (χ1n) is 10.1. The summed E-state index contributed by atoms with van der Waals surface area (Å²) in [5.41, 5.74) is 1.72. The highest BCUT2D eigenvalue weighted by molar-refractivity contribution is 8.18. The number of benzene rings is 1. The van der Waals surface area contributed by atoms with Crippen LogP contribution in [-0.4, -0.2) is 53.3 Å². The molecule has 0 bridgehead atoms. The second-order valence-corrected chi connectivity index (χ2v) is 8.11. The van der Waals surface area contributed by atoms with Crippen molar-refractivity contribution in [1.29, 1.82) is 0 Å². The van der Waals surface area contributed by atoms with Crippen LogP contribution < -0.4 is 5.32 Å². The molecule has 0 radical (unpaired) electrons. The zero-order valence-electron chi connectivity index (χ0n) is 17.3. The summed E-state index contributed by atoms with van der Waals surface area (Å²) >= 11 is 0.973. The van der Waals surface area contributed by atoms with Gasteiger partial charge in [0.25, 0.3) is 11.1 Å². The Bertz CT molecular complexity index is 966. The van der Waals surface area contributed by atoms with Crippen molar-refractivity contribution < 1.29 is 19.1 Å². The number of carbonyl (C=O) groups is 3. The third-order valence-electron chi connectivity index (χ3n) is 4.88. The van der Waals surface area contributed by atoms with Crippen molar-refractivity contribution in [1.82, 2.24) is 14.8 Å². The van der Waals surface area contributed by atoms with E-state index in [9.17, 15) is 14.4 Å². The SMILES string of the molecule is CCCCN1C(=O)S/C(=C\c2cn(CC(=O)NCCCOC)c3ccccc23)C1=O. The lowest BCUT2D eigenvalue weighted by Gasteiger charge is -2.10. The van der Waals surface area contributed by atoms with E-state index in [2.05, 4.69) is 5.32 Å². The van der Waals surface area contributed by atoms with Crippen LogP contribution in [0.1, 0.15) is 31.7 Å². The first kappa shape index (κ1) is 22.1. The predicted octanol–water partition coefficient (Wildman–Crippen LogP) is 3.63. The molecule has 1 saturated heterocycles. The van der Waals surface area contributed by atoms with E-state index in [-0.39, 0.29) is 23.6 Å². The van der Waals surface area contributed by atoms with Crippen LogP contribution in [0.5, 0.6) is 0 Å². The fourth-order valence-corrected chi connectivity index (χ4v) is 4.18. The van der Waals surface area contributed by atoms with Gasteiger partial charge < -0.3 is 14.6 Å². The van der Waals surface area contributed by atoms with Gasteiger partial charge in [-0.1, -0.05) is 31.5 Å². The number of nitrogens with zero attached hydrogens (tertiary/aromatic N) is 2. The second-order valence-electron chi connectivity index (χ2n) is 7.11. The molecule has 1 aromatic carbocycles. The average molecular weight is 430 g/mol. The van der Waals surface area contributed by atoms with E-state index >= 15 is 0 Å². The smallest absolute Gasteiger partial charge is 0.293 e. The van der Waals surface area contributed by atoms with Crippen molar-refractivity contribution in [3.05, 3.63) is 40.9 Å². The van der Waals surface area contributed by atoms with Gasteiger partial charge in [0, 0.05) is 49.5 Å². The molecule has 1 aliphatic heterocycles. The molecule has 30 heavy (non-hydrogen) atoms. The minimum atomic E-state index is -0.244. The number of imide groups is 1.